The Morgan fingerprint density at radius 2 is 2.06 bits per heavy atom. The maximum Gasteiger partial charge on any atom is 0.390 e. The number of benzene rings is 1. The minimum absolute atomic E-state index is 0.0210. The first-order valence-corrected chi connectivity index (χ1v) is 4.84. The molecule has 8 heteroatoms. The number of non-ortho nitro benzene ring substituents is 1. The van der Waals surface area contributed by atoms with E-state index >= 15 is 0 Å². The van der Waals surface area contributed by atoms with Crippen molar-refractivity contribution >= 4 is 17.3 Å². The van der Waals surface area contributed by atoms with Gasteiger partial charge < -0.3 is 5.73 Å². The quantitative estimate of drug-likeness (QED) is 0.676. The summed E-state index contributed by atoms with van der Waals surface area (Å²) >= 11 is 5.65. The average Bonchev–Trinajstić information content (AvgIpc) is 2.14. The molecule has 0 aliphatic heterocycles. The molecule has 0 aliphatic carbocycles. The third kappa shape index (κ3) is 3.86. The lowest BCUT2D eigenvalue weighted by Crippen LogP contribution is -2.20. The fraction of sp³-hybridized carbons (Fsp3) is 0.333. The molecule has 94 valence electrons. The summed E-state index contributed by atoms with van der Waals surface area (Å²) in [7, 11) is 0. The van der Waals surface area contributed by atoms with Gasteiger partial charge in [0.1, 0.15) is 0 Å². The molecular weight excluding hydrogens is 261 g/mol. The van der Waals surface area contributed by atoms with Crippen LogP contribution in [-0.4, -0.2) is 11.1 Å². The van der Waals surface area contributed by atoms with E-state index < -0.39 is 23.6 Å². The fourth-order valence-corrected chi connectivity index (χ4v) is 1.55. The zero-order chi connectivity index (χ0) is 13.2. The zero-order valence-corrected chi connectivity index (χ0v) is 9.13. The van der Waals surface area contributed by atoms with Gasteiger partial charge in [0.15, 0.2) is 0 Å². The molecular formula is C9H8ClF3N2O2. The molecule has 0 unspecified atom stereocenters. The van der Waals surface area contributed by atoms with Gasteiger partial charge in [-0.15, -0.1) is 0 Å². The molecule has 1 aromatic rings. The van der Waals surface area contributed by atoms with Crippen molar-refractivity contribution in [2.75, 3.05) is 0 Å². The van der Waals surface area contributed by atoms with E-state index in [1.165, 1.54) is 0 Å². The Hall–Kier alpha value is -1.34. The number of nitrogens with two attached hydrogens (primary N) is 1. The summed E-state index contributed by atoms with van der Waals surface area (Å²) in [5, 5.41) is 10.5. The SMILES string of the molecule is N[C@H](CC(F)(F)F)c1cc([N+](=O)[O-])ccc1Cl. The topological polar surface area (TPSA) is 69.2 Å². The largest absolute Gasteiger partial charge is 0.390 e. The van der Waals surface area contributed by atoms with Gasteiger partial charge in [0.2, 0.25) is 0 Å². The molecule has 0 spiro atoms. The fourth-order valence-electron chi connectivity index (χ4n) is 1.29. The van der Waals surface area contributed by atoms with Crippen molar-refractivity contribution < 1.29 is 18.1 Å². The average molecular weight is 269 g/mol. The molecule has 0 heterocycles. The van der Waals surface area contributed by atoms with Crippen LogP contribution in [0.25, 0.3) is 0 Å². The highest BCUT2D eigenvalue weighted by molar-refractivity contribution is 6.31. The molecule has 0 bridgehead atoms. The van der Waals surface area contributed by atoms with E-state index in [-0.39, 0.29) is 16.3 Å². The summed E-state index contributed by atoms with van der Waals surface area (Å²) in [6, 6.07) is 1.80. The second-order valence-corrected chi connectivity index (χ2v) is 3.80. The van der Waals surface area contributed by atoms with Crippen molar-refractivity contribution in [3.05, 3.63) is 38.9 Å². The molecule has 0 saturated heterocycles. The molecule has 1 aromatic carbocycles. The van der Waals surface area contributed by atoms with Crippen LogP contribution in [0.5, 0.6) is 0 Å². The molecule has 0 fully saturated rings. The second-order valence-electron chi connectivity index (χ2n) is 3.39. The van der Waals surface area contributed by atoms with Gasteiger partial charge in [-0.05, 0) is 11.6 Å². The van der Waals surface area contributed by atoms with Crippen LogP contribution in [0.3, 0.4) is 0 Å². The van der Waals surface area contributed by atoms with Gasteiger partial charge in [-0.2, -0.15) is 13.2 Å². The molecule has 0 aromatic heterocycles. The molecule has 0 aliphatic rings. The van der Waals surface area contributed by atoms with Crippen LogP contribution in [0, 0.1) is 10.1 Å². The summed E-state index contributed by atoms with van der Waals surface area (Å²) in [5.41, 5.74) is 4.89. The van der Waals surface area contributed by atoms with Gasteiger partial charge in [0, 0.05) is 23.2 Å². The first-order valence-electron chi connectivity index (χ1n) is 4.47. The number of rotatable bonds is 3. The number of nitro benzene ring substituents is 1. The molecule has 0 saturated carbocycles. The predicted octanol–water partition coefficient (Wildman–Crippen LogP) is 3.20. The molecule has 0 radical (unpaired) electrons. The van der Waals surface area contributed by atoms with Crippen molar-refractivity contribution in [2.45, 2.75) is 18.6 Å². The van der Waals surface area contributed by atoms with E-state index in [9.17, 15) is 23.3 Å². The van der Waals surface area contributed by atoms with Crippen molar-refractivity contribution in [3.63, 3.8) is 0 Å². The number of alkyl halides is 3. The summed E-state index contributed by atoms with van der Waals surface area (Å²) in [4.78, 5) is 9.75. The first-order chi connectivity index (χ1) is 7.70. The number of hydrogen-bond donors (Lipinski definition) is 1. The van der Waals surface area contributed by atoms with Crippen LogP contribution in [0.4, 0.5) is 18.9 Å². The number of nitro groups is 1. The van der Waals surface area contributed by atoms with E-state index in [0.29, 0.717) is 0 Å². The number of halogens is 4. The monoisotopic (exact) mass is 268 g/mol. The van der Waals surface area contributed by atoms with E-state index in [0.717, 1.165) is 18.2 Å². The van der Waals surface area contributed by atoms with Crippen molar-refractivity contribution in [1.82, 2.24) is 0 Å². The first kappa shape index (κ1) is 13.7. The third-order valence-corrected chi connectivity index (χ3v) is 2.39. The smallest absolute Gasteiger partial charge is 0.324 e. The lowest BCUT2D eigenvalue weighted by atomic mass is 10.0. The minimum atomic E-state index is -4.45. The summed E-state index contributed by atoms with van der Waals surface area (Å²) in [5.74, 6) is 0. The highest BCUT2D eigenvalue weighted by atomic mass is 35.5. The predicted molar refractivity (Wildman–Crippen MR) is 55.7 cm³/mol. The maximum atomic E-state index is 12.1. The Morgan fingerprint density at radius 1 is 1.47 bits per heavy atom. The van der Waals surface area contributed by atoms with Crippen LogP contribution in [0.2, 0.25) is 5.02 Å². The van der Waals surface area contributed by atoms with E-state index in [1.54, 1.807) is 0 Å². The van der Waals surface area contributed by atoms with Crippen molar-refractivity contribution in [3.8, 4) is 0 Å². The molecule has 4 nitrogen and oxygen atoms in total. The van der Waals surface area contributed by atoms with E-state index in [1.807, 2.05) is 0 Å². The van der Waals surface area contributed by atoms with Crippen LogP contribution < -0.4 is 5.73 Å². The summed E-state index contributed by atoms with van der Waals surface area (Å²) in [6.45, 7) is 0. The Labute approximate surface area is 99.3 Å². The molecule has 0 amide bonds. The second kappa shape index (κ2) is 4.89. The van der Waals surface area contributed by atoms with Crippen LogP contribution >= 0.6 is 11.6 Å². The summed E-state index contributed by atoms with van der Waals surface area (Å²) in [6.07, 6.45) is -5.73. The van der Waals surface area contributed by atoms with Gasteiger partial charge >= 0.3 is 6.18 Å². The molecule has 2 N–H and O–H groups in total. The number of hydrogen-bond acceptors (Lipinski definition) is 3. The van der Waals surface area contributed by atoms with E-state index in [4.69, 9.17) is 17.3 Å². The number of nitrogens with zero attached hydrogens (tertiary/aromatic N) is 1. The highest BCUT2D eigenvalue weighted by Gasteiger charge is 2.32. The van der Waals surface area contributed by atoms with Gasteiger partial charge in [-0.3, -0.25) is 10.1 Å². The lowest BCUT2D eigenvalue weighted by Gasteiger charge is -2.15. The Morgan fingerprint density at radius 3 is 2.53 bits per heavy atom. The summed E-state index contributed by atoms with van der Waals surface area (Å²) < 4.78 is 36.4. The maximum absolute atomic E-state index is 12.1. The van der Waals surface area contributed by atoms with Gasteiger partial charge in [0.05, 0.1) is 11.3 Å². The van der Waals surface area contributed by atoms with Gasteiger partial charge in [-0.1, -0.05) is 11.6 Å². The minimum Gasteiger partial charge on any atom is -0.324 e. The van der Waals surface area contributed by atoms with Gasteiger partial charge in [0.25, 0.3) is 5.69 Å². The lowest BCUT2D eigenvalue weighted by molar-refractivity contribution is -0.384. The molecule has 17 heavy (non-hydrogen) atoms. The third-order valence-electron chi connectivity index (χ3n) is 2.04. The van der Waals surface area contributed by atoms with Gasteiger partial charge in [-0.25, -0.2) is 0 Å². The standard InChI is InChI=1S/C9H8ClF3N2O2/c10-7-2-1-5(15(16)17)3-6(7)8(14)4-9(11,12)13/h1-3,8H,4,14H2/t8-/m1/s1. The zero-order valence-electron chi connectivity index (χ0n) is 8.37. The van der Waals surface area contributed by atoms with Crippen LogP contribution in [-0.2, 0) is 0 Å². The highest BCUT2D eigenvalue weighted by Crippen LogP contribution is 2.33. The van der Waals surface area contributed by atoms with Crippen molar-refractivity contribution in [1.29, 1.82) is 0 Å². The Balaban J connectivity index is 3.04. The molecule has 1 atom stereocenters. The van der Waals surface area contributed by atoms with Crippen LogP contribution in [0.15, 0.2) is 18.2 Å². The van der Waals surface area contributed by atoms with E-state index in [2.05, 4.69) is 0 Å². The molecule has 1 rings (SSSR count). The Kier molecular flexibility index (Phi) is 3.94. The Bertz CT molecular complexity index is 437. The normalized spacial score (nSPS) is 13.5. The van der Waals surface area contributed by atoms with Crippen LogP contribution in [0.1, 0.15) is 18.0 Å². The van der Waals surface area contributed by atoms with Crippen molar-refractivity contribution in [2.24, 2.45) is 5.73 Å².